The summed E-state index contributed by atoms with van der Waals surface area (Å²) < 4.78 is 16.0. The molecular weight excluding hydrogens is 475 g/mol. The molecule has 0 aliphatic heterocycles. The SMILES string of the molecule is CCOCCOc1cc(C)ccc1CNC(=NC)NCC(=O)NCCOC.I. The first-order chi connectivity index (χ1) is 13.1. The highest BCUT2D eigenvalue weighted by Gasteiger charge is 2.07. The van der Waals surface area contributed by atoms with Crippen molar-refractivity contribution in [1.82, 2.24) is 16.0 Å². The molecule has 0 fully saturated rings. The maximum atomic E-state index is 11.7. The molecular formula is C19H33IN4O4. The summed E-state index contributed by atoms with van der Waals surface area (Å²) in [6.45, 7) is 7.33. The van der Waals surface area contributed by atoms with Crippen LogP contribution < -0.4 is 20.7 Å². The van der Waals surface area contributed by atoms with E-state index in [0.29, 0.717) is 45.5 Å². The topological polar surface area (TPSA) is 93.2 Å². The van der Waals surface area contributed by atoms with Crippen molar-refractivity contribution in [2.45, 2.75) is 20.4 Å². The van der Waals surface area contributed by atoms with Gasteiger partial charge < -0.3 is 30.2 Å². The summed E-state index contributed by atoms with van der Waals surface area (Å²) in [5.41, 5.74) is 2.13. The highest BCUT2D eigenvalue weighted by atomic mass is 127. The van der Waals surface area contributed by atoms with E-state index in [4.69, 9.17) is 14.2 Å². The van der Waals surface area contributed by atoms with Crippen LogP contribution in [0.1, 0.15) is 18.1 Å². The molecule has 160 valence electrons. The van der Waals surface area contributed by atoms with Crippen LogP contribution in [-0.2, 0) is 20.8 Å². The Hall–Kier alpha value is -1.59. The van der Waals surface area contributed by atoms with Crippen molar-refractivity contribution in [2.75, 3.05) is 53.7 Å². The second-order valence-corrected chi connectivity index (χ2v) is 5.78. The lowest BCUT2D eigenvalue weighted by Crippen LogP contribution is -2.43. The second-order valence-electron chi connectivity index (χ2n) is 5.78. The van der Waals surface area contributed by atoms with Gasteiger partial charge in [0.2, 0.25) is 5.91 Å². The Balaban J connectivity index is 0.00000729. The largest absolute Gasteiger partial charge is 0.491 e. The molecule has 1 aromatic rings. The van der Waals surface area contributed by atoms with Crippen LogP contribution >= 0.6 is 24.0 Å². The number of carbonyl (C=O) groups is 1. The van der Waals surface area contributed by atoms with Crippen molar-refractivity contribution >= 4 is 35.8 Å². The number of amides is 1. The van der Waals surface area contributed by atoms with Crippen LogP contribution in [0.4, 0.5) is 0 Å². The van der Waals surface area contributed by atoms with Crippen LogP contribution in [0.5, 0.6) is 5.75 Å². The van der Waals surface area contributed by atoms with Gasteiger partial charge >= 0.3 is 0 Å². The molecule has 0 heterocycles. The molecule has 0 aliphatic rings. The Morgan fingerprint density at radius 3 is 2.61 bits per heavy atom. The van der Waals surface area contributed by atoms with Crippen molar-refractivity contribution in [2.24, 2.45) is 4.99 Å². The average molecular weight is 508 g/mol. The maximum Gasteiger partial charge on any atom is 0.239 e. The van der Waals surface area contributed by atoms with E-state index in [1.165, 1.54) is 0 Å². The predicted octanol–water partition coefficient (Wildman–Crippen LogP) is 1.46. The number of hydrogen-bond donors (Lipinski definition) is 3. The molecule has 1 aromatic carbocycles. The minimum Gasteiger partial charge on any atom is -0.491 e. The zero-order valence-electron chi connectivity index (χ0n) is 17.2. The number of benzene rings is 1. The molecule has 3 N–H and O–H groups in total. The lowest BCUT2D eigenvalue weighted by atomic mass is 10.1. The normalized spacial score (nSPS) is 10.8. The van der Waals surface area contributed by atoms with Crippen molar-refractivity contribution in [1.29, 1.82) is 0 Å². The summed E-state index contributed by atoms with van der Waals surface area (Å²) in [4.78, 5) is 15.9. The number of methoxy groups -OCH3 is 1. The summed E-state index contributed by atoms with van der Waals surface area (Å²) in [6, 6.07) is 6.05. The molecule has 8 nitrogen and oxygen atoms in total. The van der Waals surface area contributed by atoms with Gasteiger partial charge in [0.1, 0.15) is 12.4 Å². The van der Waals surface area contributed by atoms with Crippen LogP contribution in [0, 0.1) is 6.92 Å². The monoisotopic (exact) mass is 508 g/mol. The predicted molar refractivity (Wildman–Crippen MR) is 122 cm³/mol. The zero-order valence-corrected chi connectivity index (χ0v) is 19.5. The molecule has 0 bridgehead atoms. The molecule has 0 unspecified atom stereocenters. The van der Waals surface area contributed by atoms with Gasteiger partial charge in [0, 0.05) is 39.4 Å². The third-order valence-electron chi connectivity index (χ3n) is 3.63. The number of aliphatic imine (C=N–C) groups is 1. The molecule has 0 atom stereocenters. The van der Waals surface area contributed by atoms with E-state index in [-0.39, 0.29) is 36.4 Å². The number of hydrogen-bond acceptors (Lipinski definition) is 5. The molecule has 0 aliphatic carbocycles. The quantitative estimate of drug-likeness (QED) is 0.171. The van der Waals surface area contributed by atoms with Crippen LogP contribution in [-0.4, -0.2) is 65.5 Å². The number of aryl methyl sites for hydroxylation is 1. The van der Waals surface area contributed by atoms with Gasteiger partial charge in [-0.05, 0) is 25.5 Å². The lowest BCUT2D eigenvalue weighted by molar-refractivity contribution is -0.120. The average Bonchev–Trinajstić information content (AvgIpc) is 2.66. The highest BCUT2D eigenvalue weighted by Crippen LogP contribution is 2.20. The van der Waals surface area contributed by atoms with E-state index < -0.39 is 0 Å². The highest BCUT2D eigenvalue weighted by molar-refractivity contribution is 14.0. The van der Waals surface area contributed by atoms with Crippen LogP contribution in [0.25, 0.3) is 0 Å². The molecule has 1 amide bonds. The second kappa shape index (κ2) is 16.4. The zero-order chi connectivity index (χ0) is 19.9. The molecule has 28 heavy (non-hydrogen) atoms. The van der Waals surface area contributed by atoms with E-state index >= 15 is 0 Å². The fourth-order valence-corrected chi connectivity index (χ4v) is 2.22. The number of guanidine groups is 1. The smallest absolute Gasteiger partial charge is 0.239 e. The molecule has 0 saturated carbocycles. The van der Waals surface area contributed by atoms with Gasteiger partial charge in [-0.3, -0.25) is 9.79 Å². The van der Waals surface area contributed by atoms with Crippen molar-refractivity contribution < 1.29 is 19.0 Å². The van der Waals surface area contributed by atoms with Crippen LogP contribution in [0.2, 0.25) is 0 Å². The van der Waals surface area contributed by atoms with E-state index in [1.54, 1.807) is 14.2 Å². The number of halogens is 1. The fraction of sp³-hybridized carbons (Fsp3) is 0.579. The Kier molecular flexibility index (Phi) is 15.4. The van der Waals surface area contributed by atoms with E-state index in [2.05, 4.69) is 20.9 Å². The van der Waals surface area contributed by atoms with Crippen molar-refractivity contribution in [3.63, 3.8) is 0 Å². The third kappa shape index (κ3) is 11.3. The third-order valence-corrected chi connectivity index (χ3v) is 3.63. The van der Waals surface area contributed by atoms with Crippen molar-refractivity contribution in [3.8, 4) is 5.75 Å². The van der Waals surface area contributed by atoms with Gasteiger partial charge in [-0.15, -0.1) is 24.0 Å². The summed E-state index contributed by atoms with van der Waals surface area (Å²) in [5, 5.41) is 8.92. The standard InChI is InChI=1S/C19H32N4O4.HI/c1-5-26-10-11-27-17-12-15(2)6-7-16(17)13-22-19(20-3)23-14-18(24)21-8-9-25-4;/h6-7,12H,5,8-11,13-14H2,1-4H3,(H,21,24)(H2,20,22,23);1H. The Morgan fingerprint density at radius 2 is 1.93 bits per heavy atom. The number of ether oxygens (including phenoxy) is 3. The molecule has 0 spiro atoms. The van der Waals surface area contributed by atoms with Gasteiger partial charge in [0.15, 0.2) is 5.96 Å². The molecule has 0 saturated heterocycles. The molecule has 1 rings (SSSR count). The van der Waals surface area contributed by atoms with Crippen LogP contribution in [0.3, 0.4) is 0 Å². The summed E-state index contributed by atoms with van der Waals surface area (Å²) in [6.07, 6.45) is 0. The Bertz CT molecular complexity index is 599. The molecule has 0 aromatic heterocycles. The Morgan fingerprint density at radius 1 is 1.14 bits per heavy atom. The van der Waals surface area contributed by atoms with Gasteiger partial charge in [0.05, 0.1) is 19.8 Å². The number of nitrogens with zero attached hydrogens (tertiary/aromatic N) is 1. The maximum absolute atomic E-state index is 11.7. The molecule has 9 heteroatoms. The minimum atomic E-state index is -0.120. The summed E-state index contributed by atoms with van der Waals surface area (Å²) >= 11 is 0. The Labute approximate surface area is 184 Å². The van der Waals surface area contributed by atoms with Crippen molar-refractivity contribution in [3.05, 3.63) is 29.3 Å². The lowest BCUT2D eigenvalue weighted by Gasteiger charge is -2.15. The molecule has 0 radical (unpaired) electrons. The minimum absolute atomic E-state index is 0. The van der Waals surface area contributed by atoms with E-state index in [0.717, 1.165) is 16.9 Å². The van der Waals surface area contributed by atoms with Gasteiger partial charge in [0.25, 0.3) is 0 Å². The van der Waals surface area contributed by atoms with E-state index in [9.17, 15) is 4.79 Å². The van der Waals surface area contributed by atoms with E-state index in [1.807, 2.05) is 32.0 Å². The van der Waals surface area contributed by atoms with Gasteiger partial charge in [-0.1, -0.05) is 12.1 Å². The first-order valence-corrected chi connectivity index (χ1v) is 9.10. The fourth-order valence-electron chi connectivity index (χ4n) is 2.22. The first-order valence-electron chi connectivity index (χ1n) is 9.10. The van der Waals surface area contributed by atoms with Crippen LogP contribution in [0.15, 0.2) is 23.2 Å². The summed E-state index contributed by atoms with van der Waals surface area (Å²) in [7, 11) is 3.25. The van der Waals surface area contributed by atoms with Gasteiger partial charge in [-0.2, -0.15) is 0 Å². The first kappa shape index (κ1) is 26.4. The number of nitrogens with one attached hydrogen (secondary N) is 3. The van der Waals surface area contributed by atoms with Gasteiger partial charge in [-0.25, -0.2) is 0 Å². The summed E-state index contributed by atoms with van der Waals surface area (Å²) in [5.74, 6) is 1.23. The number of carbonyl (C=O) groups excluding carboxylic acids is 1. The number of rotatable bonds is 12.